The number of halogens is 1. The largest absolute Gasteiger partial charge is 0.352 e. The third-order valence-corrected chi connectivity index (χ3v) is 5.08. The summed E-state index contributed by atoms with van der Waals surface area (Å²) in [6, 6.07) is 7.25. The molecule has 6 heteroatoms. The van der Waals surface area contributed by atoms with Gasteiger partial charge in [0.15, 0.2) is 0 Å². The van der Waals surface area contributed by atoms with Crippen molar-refractivity contribution in [3.8, 4) is 0 Å². The van der Waals surface area contributed by atoms with Gasteiger partial charge in [-0.25, -0.2) is 0 Å². The molecule has 0 radical (unpaired) electrons. The van der Waals surface area contributed by atoms with E-state index in [0.29, 0.717) is 11.6 Å². The van der Waals surface area contributed by atoms with Gasteiger partial charge in [0.2, 0.25) is 11.8 Å². The number of benzene rings is 1. The highest BCUT2D eigenvalue weighted by molar-refractivity contribution is 6.31. The van der Waals surface area contributed by atoms with Gasteiger partial charge in [-0.1, -0.05) is 50.6 Å². The molecule has 0 bridgehead atoms. The lowest BCUT2D eigenvalue weighted by molar-refractivity contribution is -0.133. The molecule has 1 aliphatic heterocycles. The zero-order chi connectivity index (χ0) is 19.3. The van der Waals surface area contributed by atoms with E-state index in [0.717, 1.165) is 31.5 Å². The summed E-state index contributed by atoms with van der Waals surface area (Å²) in [5, 5.41) is 6.48. The van der Waals surface area contributed by atoms with Crippen molar-refractivity contribution in [3.05, 3.63) is 34.9 Å². The first-order valence-corrected chi connectivity index (χ1v) is 9.65. The third-order valence-electron chi connectivity index (χ3n) is 4.74. The molecule has 1 heterocycles. The van der Waals surface area contributed by atoms with Crippen LogP contribution in [0.4, 0.5) is 0 Å². The lowest BCUT2D eigenvalue weighted by Crippen LogP contribution is -2.49. The van der Waals surface area contributed by atoms with Gasteiger partial charge in [0.25, 0.3) is 0 Å². The first-order chi connectivity index (χ1) is 12.2. The molecular formula is C20H30ClN3O2. The number of nitrogens with zero attached hydrogens (tertiary/aromatic N) is 1. The minimum Gasteiger partial charge on any atom is -0.352 e. The summed E-state index contributed by atoms with van der Waals surface area (Å²) in [6.07, 6.45) is 2.32. The molecule has 2 atom stereocenters. The van der Waals surface area contributed by atoms with Crippen LogP contribution in [-0.2, 0) is 9.59 Å². The van der Waals surface area contributed by atoms with Gasteiger partial charge in [0.1, 0.15) is 6.04 Å². The summed E-state index contributed by atoms with van der Waals surface area (Å²) < 4.78 is 0. The molecule has 2 amide bonds. The number of amides is 2. The molecular weight excluding hydrogens is 350 g/mol. The summed E-state index contributed by atoms with van der Waals surface area (Å²) >= 11 is 6.40. The lowest BCUT2D eigenvalue weighted by Gasteiger charge is -2.29. The number of carbonyl (C=O) groups excluding carboxylic acids is 2. The number of nitrogens with one attached hydrogen (secondary N) is 2. The van der Waals surface area contributed by atoms with Crippen molar-refractivity contribution in [3.63, 3.8) is 0 Å². The Morgan fingerprint density at radius 1 is 1.19 bits per heavy atom. The summed E-state index contributed by atoms with van der Waals surface area (Å²) in [7, 11) is 0. The molecule has 0 aromatic heterocycles. The van der Waals surface area contributed by atoms with E-state index in [1.54, 1.807) is 6.92 Å². The standard InChI is InChI=1S/C20H30ClN3O2/c1-14(23-19(26)20(2,3)4)18(25)22-13-17(24-11-7-8-12-24)15-9-5-6-10-16(15)21/h5-6,9-10,14,17H,7-8,11-13H2,1-4H3,(H,22,25)(H,23,26). The van der Waals surface area contributed by atoms with E-state index in [1.807, 2.05) is 45.0 Å². The Morgan fingerprint density at radius 2 is 1.81 bits per heavy atom. The van der Waals surface area contributed by atoms with E-state index in [2.05, 4.69) is 15.5 Å². The summed E-state index contributed by atoms with van der Waals surface area (Å²) in [5.74, 6) is -0.318. The maximum atomic E-state index is 12.5. The van der Waals surface area contributed by atoms with E-state index >= 15 is 0 Å². The molecule has 2 rings (SSSR count). The van der Waals surface area contributed by atoms with E-state index in [4.69, 9.17) is 11.6 Å². The van der Waals surface area contributed by atoms with Crippen LogP contribution in [0, 0.1) is 5.41 Å². The first kappa shape index (κ1) is 20.7. The van der Waals surface area contributed by atoms with Crippen LogP contribution in [0.5, 0.6) is 0 Å². The van der Waals surface area contributed by atoms with Gasteiger partial charge in [-0.15, -0.1) is 0 Å². The fraction of sp³-hybridized carbons (Fsp3) is 0.600. The fourth-order valence-corrected chi connectivity index (χ4v) is 3.33. The highest BCUT2D eigenvalue weighted by Crippen LogP contribution is 2.29. The Morgan fingerprint density at radius 3 is 2.38 bits per heavy atom. The van der Waals surface area contributed by atoms with E-state index < -0.39 is 11.5 Å². The Kier molecular flexibility index (Phi) is 7.07. The second-order valence-corrected chi connectivity index (χ2v) is 8.38. The van der Waals surface area contributed by atoms with Gasteiger partial charge >= 0.3 is 0 Å². The van der Waals surface area contributed by atoms with Crippen molar-refractivity contribution in [2.45, 2.75) is 52.6 Å². The van der Waals surface area contributed by atoms with Crippen LogP contribution in [0.25, 0.3) is 0 Å². The predicted octanol–water partition coefficient (Wildman–Crippen LogP) is 3.14. The zero-order valence-electron chi connectivity index (χ0n) is 16.1. The predicted molar refractivity (Wildman–Crippen MR) is 105 cm³/mol. The molecule has 0 saturated carbocycles. The van der Waals surface area contributed by atoms with Crippen molar-refractivity contribution in [1.82, 2.24) is 15.5 Å². The number of hydrogen-bond donors (Lipinski definition) is 2. The minimum atomic E-state index is -0.577. The Balaban J connectivity index is 2.01. The monoisotopic (exact) mass is 379 g/mol. The van der Waals surface area contributed by atoms with Crippen molar-refractivity contribution in [2.75, 3.05) is 19.6 Å². The van der Waals surface area contributed by atoms with Crippen molar-refractivity contribution >= 4 is 23.4 Å². The smallest absolute Gasteiger partial charge is 0.242 e. The third kappa shape index (κ3) is 5.45. The normalized spacial score (nSPS) is 17.6. The minimum absolute atomic E-state index is 0.0423. The number of likely N-dealkylation sites (tertiary alicyclic amines) is 1. The van der Waals surface area contributed by atoms with Gasteiger partial charge in [-0.3, -0.25) is 14.5 Å². The van der Waals surface area contributed by atoms with Crippen molar-refractivity contribution < 1.29 is 9.59 Å². The van der Waals surface area contributed by atoms with E-state index in [-0.39, 0.29) is 17.9 Å². The van der Waals surface area contributed by atoms with Crippen molar-refractivity contribution in [1.29, 1.82) is 0 Å². The van der Waals surface area contributed by atoms with Crippen LogP contribution >= 0.6 is 11.6 Å². The summed E-state index contributed by atoms with van der Waals surface area (Å²) in [4.78, 5) is 26.9. The molecule has 26 heavy (non-hydrogen) atoms. The second kappa shape index (κ2) is 8.87. The molecule has 2 unspecified atom stereocenters. The number of hydrogen-bond acceptors (Lipinski definition) is 3. The fourth-order valence-electron chi connectivity index (χ4n) is 3.06. The maximum Gasteiger partial charge on any atom is 0.242 e. The highest BCUT2D eigenvalue weighted by Gasteiger charge is 2.28. The van der Waals surface area contributed by atoms with Gasteiger partial charge in [0.05, 0.1) is 6.04 Å². The molecule has 1 saturated heterocycles. The van der Waals surface area contributed by atoms with Crippen LogP contribution in [0.3, 0.4) is 0 Å². The lowest BCUT2D eigenvalue weighted by atomic mass is 9.95. The molecule has 0 spiro atoms. The first-order valence-electron chi connectivity index (χ1n) is 9.27. The highest BCUT2D eigenvalue weighted by atomic mass is 35.5. The van der Waals surface area contributed by atoms with Crippen molar-refractivity contribution in [2.24, 2.45) is 5.41 Å². The van der Waals surface area contributed by atoms with E-state index in [1.165, 1.54) is 0 Å². The maximum absolute atomic E-state index is 12.5. The molecule has 144 valence electrons. The molecule has 0 aliphatic carbocycles. The average molecular weight is 380 g/mol. The van der Waals surface area contributed by atoms with Gasteiger partial charge in [0, 0.05) is 17.0 Å². The van der Waals surface area contributed by atoms with E-state index in [9.17, 15) is 9.59 Å². The quantitative estimate of drug-likeness (QED) is 0.798. The van der Waals surface area contributed by atoms with Crippen LogP contribution in [0.1, 0.15) is 52.1 Å². The Hall–Kier alpha value is -1.59. The number of carbonyl (C=O) groups is 2. The Labute approximate surface area is 161 Å². The SMILES string of the molecule is CC(NC(=O)C(C)(C)C)C(=O)NCC(c1ccccc1Cl)N1CCCC1. The van der Waals surface area contributed by atoms with Crippen LogP contribution in [-0.4, -0.2) is 42.4 Å². The summed E-state index contributed by atoms with van der Waals surface area (Å²) in [5.41, 5.74) is 0.507. The number of rotatable bonds is 6. The van der Waals surface area contributed by atoms with Crippen LogP contribution in [0.15, 0.2) is 24.3 Å². The zero-order valence-corrected chi connectivity index (χ0v) is 16.9. The molecule has 1 aromatic carbocycles. The van der Waals surface area contributed by atoms with Crippen LogP contribution < -0.4 is 10.6 Å². The van der Waals surface area contributed by atoms with Crippen LogP contribution in [0.2, 0.25) is 5.02 Å². The van der Waals surface area contributed by atoms with Gasteiger partial charge < -0.3 is 10.6 Å². The topological polar surface area (TPSA) is 61.4 Å². The second-order valence-electron chi connectivity index (χ2n) is 7.97. The molecule has 1 fully saturated rings. The van der Waals surface area contributed by atoms with Gasteiger partial charge in [-0.05, 0) is 44.5 Å². The average Bonchev–Trinajstić information content (AvgIpc) is 3.09. The molecule has 2 N–H and O–H groups in total. The molecule has 1 aromatic rings. The van der Waals surface area contributed by atoms with Gasteiger partial charge in [-0.2, -0.15) is 0 Å². The summed E-state index contributed by atoms with van der Waals surface area (Å²) in [6.45, 7) is 9.66. The molecule has 5 nitrogen and oxygen atoms in total. The molecule has 1 aliphatic rings. The Bertz CT molecular complexity index is 636.